The van der Waals surface area contributed by atoms with Gasteiger partial charge in [0.25, 0.3) is 0 Å². The van der Waals surface area contributed by atoms with Crippen molar-refractivity contribution in [1.82, 2.24) is 9.78 Å². The van der Waals surface area contributed by atoms with E-state index in [2.05, 4.69) is 17.7 Å². The van der Waals surface area contributed by atoms with Gasteiger partial charge in [0.2, 0.25) is 11.8 Å². The Morgan fingerprint density at radius 1 is 1.28 bits per heavy atom. The van der Waals surface area contributed by atoms with Crippen molar-refractivity contribution in [3.8, 4) is 23.4 Å². The highest BCUT2D eigenvalue weighted by Gasteiger charge is 2.36. The number of allylic oxidation sites excluding steroid dienone is 1. The summed E-state index contributed by atoms with van der Waals surface area (Å²) in [6.07, 6.45) is 1.69. The highest BCUT2D eigenvalue weighted by Crippen LogP contribution is 2.45. The summed E-state index contributed by atoms with van der Waals surface area (Å²) >= 11 is 0. The molecule has 0 spiro atoms. The predicted molar refractivity (Wildman–Crippen MR) is 110 cm³/mol. The molecule has 0 aliphatic carbocycles. The van der Waals surface area contributed by atoms with Crippen molar-refractivity contribution in [3.05, 3.63) is 95.5 Å². The van der Waals surface area contributed by atoms with Crippen LogP contribution >= 0.6 is 0 Å². The third-order valence-electron chi connectivity index (χ3n) is 4.79. The Bertz CT molecular complexity index is 1140. The van der Waals surface area contributed by atoms with Crippen LogP contribution in [0.2, 0.25) is 0 Å². The Balaban J connectivity index is 1.88. The summed E-state index contributed by atoms with van der Waals surface area (Å²) in [6.45, 7) is 5.98. The lowest BCUT2D eigenvalue weighted by atomic mass is 9.84. The van der Waals surface area contributed by atoms with Gasteiger partial charge in [-0.3, -0.25) is 0 Å². The molecule has 1 aliphatic rings. The van der Waals surface area contributed by atoms with Crippen LogP contribution in [0.15, 0.2) is 78.7 Å². The topological polar surface area (TPSA) is 86.1 Å². The van der Waals surface area contributed by atoms with Gasteiger partial charge in [0.05, 0.1) is 22.9 Å². The quantitative estimate of drug-likeness (QED) is 0.673. The molecule has 0 fully saturated rings. The number of fused-ring (bicyclic) bond motifs is 1. The van der Waals surface area contributed by atoms with Crippen LogP contribution in [0, 0.1) is 18.3 Å². The lowest BCUT2D eigenvalue weighted by molar-refractivity contribution is 0.360. The van der Waals surface area contributed by atoms with Crippen LogP contribution in [-0.2, 0) is 0 Å². The van der Waals surface area contributed by atoms with E-state index in [0.29, 0.717) is 23.8 Å². The Hall–Kier alpha value is -3.98. The summed E-state index contributed by atoms with van der Waals surface area (Å²) in [5.74, 6) is 0.903. The minimum absolute atomic E-state index is 0.0829. The summed E-state index contributed by atoms with van der Waals surface area (Å²) in [4.78, 5) is 0. The maximum atomic E-state index is 9.80. The van der Waals surface area contributed by atoms with Gasteiger partial charge in [-0.1, -0.05) is 43.0 Å². The average molecular weight is 384 g/mol. The Kier molecular flexibility index (Phi) is 4.80. The number of hydrogen-bond acceptors (Lipinski definition) is 5. The van der Waals surface area contributed by atoms with E-state index in [9.17, 15) is 5.26 Å². The van der Waals surface area contributed by atoms with E-state index in [1.807, 2.05) is 61.5 Å². The minimum atomic E-state index is -0.395. The molecule has 0 saturated heterocycles. The van der Waals surface area contributed by atoms with Crippen LogP contribution in [0.25, 0.3) is 5.69 Å². The van der Waals surface area contributed by atoms with Crippen LogP contribution in [0.4, 0.5) is 0 Å². The van der Waals surface area contributed by atoms with Crippen molar-refractivity contribution in [2.75, 3.05) is 6.61 Å². The molecule has 2 aromatic carbocycles. The number of rotatable bonds is 5. The van der Waals surface area contributed by atoms with Crippen LogP contribution in [0.3, 0.4) is 0 Å². The number of aryl methyl sites for hydroxylation is 1. The fourth-order valence-corrected chi connectivity index (χ4v) is 3.53. The number of aromatic nitrogens is 2. The molecule has 0 amide bonds. The summed E-state index contributed by atoms with van der Waals surface area (Å²) < 4.78 is 13.3. The van der Waals surface area contributed by atoms with E-state index in [4.69, 9.17) is 15.2 Å². The lowest BCUT2D eigenvalue weighted by Crippen LogP contribution is -2.22. The predicted octanol–water partition coefficient (Wildman–Crippen LogP) is 3.96. The maximum Gasteiger partial charge on any atom is 0.229 e. The van der Waals surface area contributed by atoms with E-state index in [-0.39, 0.29) is 5.88 Å². The first-order valence-corrected chi connectivity index (χ1v) is 9.20. The molecule has 1 unspecified atom stereocenters. The van der Waals surface area contributed by atoms with Crippen LogP contribution in [0.5, 0.6) is 11.6 Å². The molecule has 2 heterocycles. The molecule has 2 N–H and O–H groups in total. The van der Waals surface area contributed by atoms with Gasteiger partial charge in [-0.2, -0.15) is 10.4 Å². The molecule has 4 rings (SSSR count). The molecule has 1 aliphatic heterocycles. The number of nitrogens with two attached hydrogens (primary N) is 1. The van der Waals surface area contributed by atoms with Gasteiger partial charge >= 0.3 is 0 Å². The first kappa shape index (κ1) is 18.4. The van der Waals surface area contributed by atoms with E-state index < -0.39 is 5.92 Å². The van der Waals surface area contributed by atoms with Gasteiger partial charge in [-0.15, -0.1) is 0 Å². The Morgan fingerprint density at radius 3 is 2.79 bits per heavy atom. The Labute approximate surface area is 169 Å². The third-order valence-corrected chi connectivity index (χ3v) is 4.79. The first-order valence-electron chi connectivity index (χ1n) is 9.20. The minimum Gasteiger partial charge on any atom is -0.490 e. The number of ether oxygens (including phenoxy) is 2. The van der Waals surface area contributed by atoms with Gasteiger partial charge in [0.1, 0.15) is 24.0 Å². The summed E-state index contributed by atoms with van der Waals surface area (Å²) in [5, 5.41) is 14.5. The monoisotopic (exact) mass is 384 g/mol. The molecular weight excluding hydrogens is 364 g/mol. The van der Waals surface area contributed by atoms with Gasteiger partial charge in [0.15, 0.2) is 0 Å². The molecule has 1 atom stereocenters. The zero-order valence-corrected chi connectivity index (χ0v) is 16.0. The van der Waals surface area contributed by atoms with E-state index >= 15 is 0 Å². The van der Waals surface area contributed by atoms with Crippen molar-refractivity contribution >= 4 is 0 Å². The van der Waals surface area contributed by atoms with Crippen molar-refractivity contribution in [2.24, 2.45) is 5.73 Å². The van der Waals surface area contributed by atoms with Crippen molar-refractivity contribution in [1.29, 1.82) is 5.26 Å². The second-order valence-corrected chi connectivity index (χ2v) is 6.65. The van der Waals surface area contributed by atoms with E-state index in [1.165, 1.54) is 0 Å². The van der Waals surface area contributed by atoms with Crippen molar-refractivity contribution < 1.29 is 9.47 Å². The van der Waals surface area contributed by atoms with Gasteiger partial charge in [0, 0.05) is 0 Å². The van der Waals surface area contributed by atoms with E-state index in [0.717, 1.165) is 22.5 Å². The zero-order valence-electron chi connectivity index (χ0n) is 16.0. The molecule has 1 aromatic heterocycles. The van der Waals surface area contributed by atoms with Crippen LogP contribution in [0.1, 0.15) is 22.7 Å². The number of benzene rings is 2. The molecule has 144 valence electrons. The molecule has 6 heteroatoms. The lowest BCUT2D eigenvalue weighted by Gasteiger charge is -2.25. The van der Waals surface area contributed by atoms with Crippen molar-refractivity contribution in [3.63, 3.8) is 0 Å². The molecule has 0 saturated carbocycles. The number of hydrogen-bond donors (Lipinski definition) is 1. The number of para-hydroxylation sites is 1. The van der Waals surface area contributed by atoms with Gasteiger partial charge < -0.3 is 15.2 Å². The maximum absolute atomic E-state index is 9.80. The molecule has 29 heavy (non-hydrogen) atoms. The second kappa shape index (κ2) is 7.56. The van der Waals surface area contributed by atoms with E-state index in [1.54, 1.807) is 10.8 Å². The highest BCUT2D eigenvalue weighted by atomic mass is 16.5. The first-order chi connectivity index (χ1) is 14.1. The molecule has 6 nitrogen and oxygen atoms in total. The number of nitriles is 1. The largest absolute Gasteiger partial charge is 0.490 e. The highest BCUT2D eigenvalue weighted by molar-refractivity contribution is 5.57. The molecule has 0 radical (unpaired) electrons. The van der Waals surface area contributed by atoms with Crippen LogP contribution < -0.4 is 15.2 Å². The SMILES string of the molecule is C=CCOc1cccc(C2C(C#N)=C(N)Oc3c2c(C)nn3-c2ccccc2)c1. The third kappa shape index (κ3) is 3.23. The molecular formula is C23H20N4O2. The number of nitrogens with zero attached hydrogens (tertiary/aromatic N) is 3. The average Bonchev–Trinajstić information content (AvgIpc) is 3.08. The zero-order chi connectivity index (χ0) is 20.4. The second-order valence-electron chi connectivity index (χ2n) is 6.65. The summed E-state index contributed by atoms with van der Waals surface area (Å²) in [5.41, 5.74) is 9.84. The fraction of sp³-hybridized carbons (Fsp3) is 0.130. The molecule has 3 aromatic rings. The van der Waals surface area contributed by atoms with Crippen LogP contribution in [-0.4, -0.2) is 16.4 Å². The smallest absolute Gasteiger partial charge is 0.229 e. The standard InChI is InChI=1S/C23H20N4O2/c1-3-12-28-18-11-7-8-16(13-18)21-19(14-24)22(25)29-23-20(21)15(2)26-27(23)17-9-5-4-6-10-17/h3-11,13,21H,1,12,25H2,2H3. The molecule has 0 bridgehead atoms. The normalized spacial score (nSPS) is 15.2. The Morgan fingerprint density at radius 2 is 2.07 bits per heavy atom. The van der Waals surface area contributed by atoms with Crippen molar-refractivity contribution in [2.45, 2.75) is 12.8 Å². The summed E-state index contributed by atoms with van der Waals surface area (Å²) in [7, 11) is 0. The van der Waals surface area contributed by atoms with Gasteiger partial charge in [-0.25, -0.2) is 4.68 Å². The summed E-state index contributed by atoms with van der Waals surface area (Å²) in [6, 6.07) is 19.5. The van der Waals surface area contributed by atoms with Gasteiger partial charge in [-0.05, 0) is 36.8 Å². The fourth-order valence-electron chi connectivity index (χ4n) is 3.53.